The molecule has 0 spiro atoms. The first-order chi connectivity index (χ1) is 7.42. The zero-order valence-corrected chi connectivity index (χ0v) is 11.1. The van der Waals surface area contributed by atoms with Gasteiger partial charge in [-0.25, -0.2) is 4.84 Å². The van der Waals surface area contributed by atoms with E-state index in [1.165, 1.54) is 0 Å². The van der Waals surface area contributed by atoms with Crippen LogP contribution < -0.4 is 9.57 Å². The fourth-order valence-corrected chi connectivity index (χ4v) is 1.36. The molecular weight excluding hydrogens is 222 g/mol. The number of ether oxygens (including phenoxy) is 1. The normalized spacial score (nSPS) is 13.6. The third-order valence-electron chi connectivity index (χ3n) is 2.19. The Kier molecular flexibility index (Phi) is 4.63. The zero-order valence-electron chi connectivity index (χ0n) is 10.4. The van der Waals surface area contributed by atoms with E-state index in [9.17, 15) is 0 Å². The third-order valence-corrected chi connectivity index (χ3v) is 2.52. The lowest BCUT2D eigenvalue weighted by Gasteiger charge is -2.19. The largest absolute Gasteiger partial charge is 0.493 e. The molecular formula is C13H20ClNO. The van der Waals surface area contributed by atoms with Gasteiger partial charge in [0.25, 0.3) is 0 Å². The monoisotopic (exact) mass is 241 g/mol. The maximum absolute atomic E-state index is 5.73. The van der Waals surface area contributed by atoms with E-state index in [1.807, 2.05) is 31.2 Å². The summed E-state index contributed by atoms with van der Waals surface area (Å²) in [6, 6.07) is 8.13. The standard InChI is InChI=1S/C13H20ClNO/c1-10(15-14)11-6-5-7-12(8-11)16-9-13(2,3)4/h5-8,10,15H,9H2,1-4H3/t10-/m1/s1. The molecule has 0 aliphatic heterocycles. The SMILES string of the molecule is C[C@@H](NCl)c1cccc(OCC(C)(C)C)c1. The minimum Gasteiger partial charge on any atom is -0.493 e. The molecule has 1 N–H and O–H groups in total. The Labute approximate surface area is 103 Å². The maximum atomic E-state index is 5.73. The number of halogens is 1. The molecule has 2 nitrogen and oxygen atoms in total. The van der Waals surface area contributed by atoms with Crippen molar-refractivity contribution in [3.63, 3.8) is 0 Å². The maximum Gasteiger partial charge on any atom is 0.119 e. The molecule has 0 aliphatic rings. The summed E-state index contributed by atoms with van der Waals surface area (Å²) < 4.78 is 5.73. The van der Waals surface area contributed by atoms with Crippen molar-refractivity contribution < 1.29 is 4.74 Å². The molecule has 1 atom stereocenters. The summed E-state index contributed by atoms with van der Waals surface area (Å²) >= 11 is 5.60. The number of rotatable bonds is 4. The van der Waals surface area contributed by atoms with Crippen molar-refractivity contribution in [2.24, 2.45) is 5.41 Å². The van der Waals surface area contributed by atoms with Crippen LogP contribution in [0.25, 0.3) is 0 Å². The van der Waals surface area contributed by atoms with Gasteiger partial charge < -0.3 is 4.74 Å². The lowest BCUT2D eigenvalue weighted by atomic mass is 9.99. The van der Waals surface area contributed by atoms with Crippen LogP contribution in [0, 0.1) is 5.41 Å². The van der Waals surface area contributed by atoms with Crippen molar-refractivity contribution in [1.82, 2.24) is 4.84 Å². The first-order valence-corrected chi connectivity index (χ1v) is 5.89. The smallest absolute Gasteiger partial charge is 0.119 e. The number of hydrogen-bond acceptors (Lipinski definition) is 2. The second-order valence-electron chi connectivity index (χ2n) is 5.25. The fourth-order valence-electron chi connectivity index (χ4n) is 1.24. The molecule has 0 fully saturated rings. The molecule has 0 saturated heterocycles. The summed E-state index contributed by atoms with van der Waals surface area (Å²) in [4.78, 5) is 2.70. The molecule has 0 bridgehead atoms. The molecule has 1 aromatic rings. The van der Waals surface area contributed by atoms with Crippen LogP contribution in [0.4, 0.5) is 0 Å². The van der Waals surface area contributed by atoms with Gasteiger partial charge in [0.1, 0.15) is 5.75 Å². The summed E-state index contributed by atoms with van der Waals surface area (Å²) in [6.45, 7) is 9.17. The van der Waals surface area contributed by atoms with Gasteiger partial charge in [-0.05, 0) is 41.8 Å². The Morgan fingerprint density at radius 2 is 2.06 bits per heavy atom. The summed E-state index contributed by atoms with van der Waals surface area (Å²) in [6.07, 6.45) is 0. The van der Waals surface area contributed by atoms with E-state index in [0.29, 0.717) is 6.61 Å². The van der Waals surface area contributed by atoms with Gasteiger partial charge in [-0.2, -0.15) is 0 Å². The van der Waals surface area contributed by atoms with Gasteiger partial charge in [0.05, 0.1) is 6.61 Å². The van der Waals surface area contributed by atoms with Crippen LogP contribution in [0.1, 0.15) is 39.3 Å². The summed E-state index contributed by atoms with van der Waals surface area (Å²) in [5.41, 5.74) is 1.30. The van der Waals surface area contributed by atoms with E-state index in [1.54, 1.807) is 0 Å². The molecule has 1 aromatic carbocycles. The third kappa shape index (κ3) is 4.42. The van der Waals surface area contributed by atoms with Gasteiger partial charge in [-0.1, -0.05) is 32.9 Å². The van der Waals surface area contributed by atoms with Gasteiger partial charge in [0.15, 0.2) is 0 Å². The Balaban J connectivity index is 2.68. The van der Waals surface area contributed by atoms with Crippen molar-refractivity contribution in [1.29, 1.82) is 0 Å². The van der Waals surface area contributed by atoms with Gasteiger partial charge in [0, 0.05) is 6.04 Å². The topological polar surface area (TPSA) is 21.3 Å². The lowest BCUT2D eigenvalue weighted by molar-refractivity contribution is 0.197. The lowest BCUT2D eigenvalue weighted by Crippen LogP contribution is -2.17. The van der Waals surface area contributed by atoms with E-state index in [4.69, 9.17) is 16.5 Å². The minimum atomic E-state index is 0.125. The molecule has 0 heterocycles. The molecule has 90 valence electrons. The molecule has 16 heavy (non-hydrogen) atoms. The highest BCUT2D eigenvalue weighted by Crippen LogP contribution is 2.21. The second kappa shape index (κ2) is 5.55. The average molecular weight is 242 g/mol. The van der Waals surface area contributed by atoms with Crippen LogP contribution in [0.15, 0.2) is 24.3 Å². The van der Waals surface area contributed by atoms with E-state index in [-0.39, 0.29) is 11.5 Å². The predicted octanol–water partition coefficient (Wildman–Crippen LogP) is 3.92. The van der Waals surface area contributed by atoms with Crippen molar-refractivity contribution in [2.45, 2.75) is 33.7 Å². The molecule has 1 rings (SSSR count). The first-order valence-electron chi connectivity index (χ1n) is 5.51. The summed E-state index contributed by atoms with van der Waals surface area (Å²) in [7, 11) is 0. The Hall–Kier alpha value is -0.730. The van der Waals surface area contributed by atoms with Gasteiger partial charge >= 0.3 is 0 Å². The fraction of sp³-hybridized carbons (Fsp3) is 0.538. The quantitative estimate of drug-likeness (QED) is 0.807. The molecule has 3 heteroatoms. The minimum absolute atomic E-state index is 0.125. The van der Waals surface area contributed by atoms with Crippen molar-refractivity contribution in [3.05, 3.63) is 29.8 Å². The van der Waals surface area contributed by atoms with Crippen LogP contribution >= 0.6 is 11.8 Å². The number of hydrogen-bond donors (Lipinski definition) is 1. The van der Waals surface area contributed by atoms with Crippen molar-refractivity contribution in [2.75, 3.05) is 6.61 Å². The highest BCUT2D eigenvalue weighted by molar-refractivity contribution is 6.13. The van der Waals surface area contributed by atoms with Gasteiger partial charge in [0.2, 0.25) is 0 Å². The van der Waals surface area contributed by atoms with Crippen LogP contribution in [0.3, 0.4) is 0 Å². The van der Waals surface area contributed by atoms with Crippen molar-refractivity contribution in [3.8, 4) is 5.75 Å². The average Bonchev–Trinajstić information content (AvgIpc) is 2.25. The van der Waals surface area contributed by atoms with Crippen LogP contribution in [-0.4, -0.2) is 6.61 Å². The number of nitrogens with one attached hydrogen (secondary N) is 1. The van der Waals surface area contributed by atoms with Crippen LogP contribution in [-0.2, 0) is 0 Å². The van der Waals surface area contributed by atoms with E-state index in [2.05, 4.69) is 25.6 Å². The van der Waals surface area contributed by atoms with E-state index < -0.39 is 0 Å². The van der Waals surface area contributed by atoms with Crippen LogP contribution in [0.2, 0.25) is 0 Å². The Bertz CT molecular complexity index is 333. The Morgan fingerprint density at radius 1 is 1.38 bits per heavy atom. The molecule has 0 radical (unpaired) electrons. The Morgan fingerprint density at radius 3 is 2.62 bits per heavy atom. The van der Waals surface area contributed by atoms with Crippen molar-refractivity contribution >= 4 is 11.8 Å². The second-order valence-corrected chi connectivity index (χ2v) is 5.47. The molecule has 0 aliphatic carbocycles. The van der Waals surface area contributed by atoms with Gasteiger partial charge in [-0.3, -0.25) is 0 Å². The number of benzene rings is 1. The van der Waals surface area contributed by atoms with E-state index in [0.717, 1.165) is 11.3 Å². The van der Waals surface area contributed by atoms with E-state index >= 15 is 0 Å². The van der Waals surface area contributed by atoms with Crippen LogP contribution in [0.5, 0.6) is 5.75 Å². The first kappa shape index (κ1) is 13.3. The zero-order chi connectivity index (χ0) is 12.2. The molecule has 0 aromatic heterocycles. The predicted molar refractivity (Wildman–Crippen MR) is 68.8 cm³/mol. The summed E-state index contributed by atoms with van der Waals surface area (Å²) in [5.74, 6) is 0.895. The van der Waals surface area contributed by atoms with Gasteiger partial charge in [-0.15, -0.1) is 0 Å². The highest BCUT2D eigenvalue weighted by atomic mass is 35.5. The molecule has 0 saturated carbocycles. The molecule has 0 unspecified atom stereocenters. The molecule has 0 amide bonds. The summed E-state index contributed by atoms with van der Waals surface area (Å²) in [5, 5.41) is 0. The highest BCUT2D eigenvalue weighted by Gasteiger charge is 2.11.